The molecule has 0 saturated carbocycles. The fraction of sp³-hybridized carbons (Fsp3) is 0.0645. The summed E-state index contributed by atoms with van der Waals surface area (Å²) in [7, 11) is 0. The average Bonchev–Trinajstić information content (AvgIpc) is 2.99. The smallest absolute Gasteiger partial charge is 0.272 e. The molecule has 0 aromatic heterocycles. The van der Waals surface area contributed by atoms with Gasteiger partial charge in [0.2, 0.25) is 5.91 Å². The Balaban J connectivity index is 1.40. The largest absolute Gasteiger partial charge is 0.325 e. The highest BCUT2D eigenvalue weighted by atomic mass is 32.2. The third kappa shape index (κ3) is 8.35. The van der Waals surface area contributed by atoms with E-state index in [0.717, 1.165) is 4.90 Å². The lowest BCUT2D eigenvalue weighted by atomic mass is 10.1. The van der Waals surface area contributed by atoms with Crippen LogP contribution in [0.3, 0.4) is 0 Å². The van der Waals surface area contributed by atoms with Crippen LogP contribution in [0.4, 0.5) is 21.5 Å². The summed E-state index contributed by atoms with van der Waals surface area (Å²) in [6.45, 7) is 1.73. The van der Waals surface area contributed by atoms with Gasteiger partial charge in [-0.25, -0.2) is 4.39 Å². The third-order valence-corrected chi connectivity index (χ3v) is 6.96. The van der Waals surface area contributed by atoms with Crippen LogP contribution in [0, 0.1) is 15.9 Å². The molecule has 0 heterocycles. The second-order valence-corrected chi connectivity index (χ2v) is 10.4. The fourth-order valence-electron chi connectivity index (χ4n) is 3.65. The van der Waals surface area contributed by atoms with Crippen molar-refractivity contribution in [3.63, 3.8) is 0 Å². The Morgan fingerprint density at radius 3 is 2.05 bits per heavy atom. The number of nitrogens with zero attached hydrogens (tertiary/aromatic N) is 1. The highest BCUT2D eigenvalue weighted by Gasteiger charge is 2.17. The normalized spacial score (nSPS) is 11.7. The van der Waals surface area contributed by atoms with Crippen molar-refractivity contribution in [3.8, 4) is 0 Å². The molecule has 0 aliphatic heterocycles. The topological polar surface area (TPSA) is 130 Å². The lowest BCUT2D eigenvalue weighted by molar-refractivity contribution is -0.384. The second kappa shape index (κ2) is 13.9. The van der Waals surface area contributed by atoms with Crippen LogP contribution < -0.4 is 16.0 Å². The first-order chi connectivity index (χ1) is 20.2. The van der Waals surface area contributed by atoms with Gasteiger partial charge in [0, 0.05) is 34.0 Å². The van der Waals surface area contributed by atoms with Crippen LogP contribution in [-0.4, -0.2) is 27.9 Å². The van der Waals surface area contributed by atoms with Crippen LogP contribution in [0.25, 0.3) is 6.08 Å². The Morgan fingerprint density at radius 2 is 1.43 bits per heavy atom. The third-order valence-electron chi connectivity index (χ3n) is 5.85. The number of hydrogen-bond acceptors (Lipinski definition) is 6. The van der Waals surface area contributed by atoms with E-state index in [9.17, 15) is 28.9 Å². The molecule has 3 amide bonds. The monoisotopic (exact) mass is 584 g/mol. The van der Waals surface area contributed by atoms with E-state index in [2.05, 4.69) is 16.0 Å². The van der Waals surface area contributed by atoms with Gasteiger partial charge in [-0.2, -0.15) is 0 Å². The molecule has 4 aromatic carbocycles. The van der Waals surface area contributed by atoms with Crippen molar-refractivity contribution in [1.29, 1.82) is 0 Å². The van der Waals surface area contributed by atoms with Crippen LogP contribution in [0.1, 0.15) is 22.8 Å². The van der Waals surface area contributed by atoms with E-state index >= 15 is 0 Å². The molecule has 0 aliphatic rings. The van der Waals surface area contributed by atoms with Gasteiger partial charge in [-0.05, 0) is 79.2 Å². The molecule has 11 heteroatoms. The number of benzene rings is 4. The minimum Gasteiger partial charge on any atom is -0.325 e. The molecule has 3 N–H and O–H groups in total. The van der Waals surface area contributed by atoms with Gasteiger partial charge in [0.05, 0.1) is 10.2 Å². The number of amides is 3. The number of halogens is 1. The maximum absolute atomic E-state index is 13.4. The molecule has 0 radical (unpaired) electrons. The van der Waals surface area contributed by atoms with E-state index in [4.69, 9.17) is 0 Å². The summed E-state index contributed by atoms with van der Waals surface area (Å²) < 4.78 is 13.4. The quantitative estimate of drug-likeness (QED) is 0.0873. The molecule has 0 bridgehead atoms. The number of nitrogens with one attached hydrogen (secondary N) is 3. The molecule has 1 unspecified atom stereocenters. The molecular formula is C31H25FN4O5S. The van der Waals surface area contributed by atoms with Crippen LogP contribution >= 0.6 is 11.8 Å². The van der Waals surface area contributed by atoms with Crippen molar-refractivity contribution in [3.05, 3.63) is 136 Å². The summed E-state index contributed by atoms with van der Waals surface area (Å²) >= 11 is 1.29. The SMILES string of the molecule is CC(Sc1ccc(NC(=O)/C(=C/c2ccc(F)cc2)NC(=O)c2ccccc2)cc1)C(=O)Nc1ccc([N+](=O)[O-])cc1. The number of carbonyl (C=O) groups excluding carboxylic acids is 3. The van der Waals surface area contributed by atoms with Gasteiger partial charge in [0.15, 0.2) is 0 Å². The molecule has 0 fully saturated rings. The Kier molecular flexibility index (Phi) is 9.80. The predicted octanol–water partition coefficient (Wildman–Crippen LogP) is 6.26. The molecule has 42 heavy (non-hydrogen) atoms. The Morgan fingerprint density at radius 1 is 0.833 bits per heavy atom. The standard InChI is InChI=1S/C31H25FN4O5S/c1-20(29(37)33-24-11-15-26(16-12-24)36(40)41)42-27-17-13-25(14-18-27)34-31(39)28(19-21-7-9-23(32)10-8-21)35-30(38)22-5-3-2-4-6-22/h2-20H,1H3,(H,33,37)(H,34,39)(H,35,38)/b28-19-. The van der Waals surface area contributed by atoms with E-state index in [1.165, 1.54) is 66.4 Å². The van der Waals surface area contributed by atoms with Crippen LogP contribution in [0.15, 0.2) is 114 Å². The minimum absolute atomic E-state index is 0.0366. The molecule has 0 spiro atoms. The summed E-state index contributed by atoms with van der Waals surface area (Å²) in [6, 6.07) is 26.3. The van der Waals surface area contributed by atoms with Gasteiger partial charge >= 0.3 is 0 Å². The lowest BCUT2D eigenvalue weighted by Gasteiger charge is -2.13. The van der Waals surface area contributed by atoms with Gasteiger partial charge in [-0.3, -0.25) is 24.5 Å². The number of nitro groups is 1. The predicted molar refractivity (Wildman–Crippen MR) is 160 cm³/mol. The average molecular weight is 585 g/mol. The van der Waals surface area contributed by atoms with E-state index in [1.807, 2.05) is 0 Å². The van der Waals surface area contributed by atoms with Crippen LogP contribution in [0.2, 0.25) is 0 Å². The van der Waals surface area contributed by atoms with Crippen molar-refractivity contribution < 1.29 is 23.7 Å². The highest BCUT2D eigenvalue weighted by Crippen LogP contribution is 2.26. The molecular weight excluding hydrogens is 559 g/mol. The number of anilines is 2. The first-order valence-electron chi connectivity index (χ1n) is 12.6. The van der Waals surface area contributed by atoms with Gasteiger partial charge in [0.25, 0.3) is 17.5 Å². The Bertz CT molecular complexity index is 1610. The number of non-ortho nitro benzene ring substituents is 1. The number of nitro benzene ring substituents is 1. The van der Waals surface area contributed by atoms with Crippen molar-refractivity contribution in [2.24, 2.45) is 0 Å². The molecule has 9 nitrogen and oxygen atoms in total. The van der Waals surface area contributed by atoms with E-state index in [1.54, 1.807) is 61.5 Å². The van der Waals surface area contributed by atoms with E-state index in [0.29, 0.717) is 22.5 Å². The van der Waals surface area contributed by atoms with E-state index in [-0.39, 0.29) is 17.3 Å². The maximum Gasteiger partial charge on any atom is 0.272 e. The van der Waals surface area contributed by atoms with Crippen LogP contribution in [0.5, 0.6) is 0 Å². The first kappa shape index (κ1) is 29.7. The number of hydrogen-bond donors (Lipinski definition) is 3. The first-order valence-corrected chi connectivity index (χ1v) is 13.5. The van der Waals surface area contributed by atoms with Crippen molar-refractivity contribution in [2.45, 2.75) is 17.1 Å². The van der Waals surface area contributed by atoms with Crippen molar-refractivity contribution in [2.75, 3.05) is 10.6 Å². The highest BCUT2D eigenvalue weighted by molar-refractivity contribution is 8.00. The summed E-state index contributed by atoms with van der Waals surface area (Å²) in [5.41, 5.74) is 1.67. The molecule has 1 atom stereocenters. The Labute approximate surface area is 245 Å². The zero-order valence-electron chi connectivity index (χ0n) is 22.2. The lowest BCUT2D eigenvalue weighted by Crippen LogP contribution is -2.30. The summed E-state index contributed by atoms with van der Waals surface area (Å²) in [5.74, 6) is -1.77. The van der Waals surface area contributed by atoms with Crippen molar-refractivity contribution in [1.82, 2.24) is 5.32 Å². The molecule has 0 saturated heterocycles. The summed E-state index contributed by atoms with van der Waals surface area (Å²) in [6.07, 6.45) is 1.45. The number of carbonyl (C=O) groups is 3. The van der Waals surface area contributed by atoms with E-state index < -0.39 is 27.8 Å². The van der Waals surface area contributed by atoms with Gasteiger partial charge in [0.1, 0.15) is 11.5 Å². The van der Waals surface area contributed by atoms with Gasteiger partial charge in [-0.15, -0.1) is 11.8 Å². The minimum atomic E-state index is -0.583. The Hall–Kier alpha value is -5.29. The molecule has 4 rings (SSSR count). The van der Waals surface area contributed by atoms with Gasteiger partial charge in [-0.1, -0.05) is 30.3 Å². The molecule has 4 aromatic rings. The summed E-state index contributed by atoms with van der Waals surface area (Å²) in [4.78, 5) is 49.6. The van der Waals surface area contributed by atoms with Gasteiger partial charge < -0.3 is 16.0 Å². The number of thioether (sulfide) groups is 1. The zero-order chi connectivity index (χ0) is 30.1. The maximum atomic E-state index is 13.4. The fourth-order valence-corrected chi connectivity index (χ4v) is 4.52. The molecule has 212 valence electrons. The second-order valence-electron chi connectivity index (χ2n) is 8.96. The number of rotatable bonds is 10. The van der Waals surface area contributed by atoms with Crippen LogP contribution in [-0.2, 0) is 9.59 Å². The molecule has 0 aliphatic carbocycles. The van der Waals surface area contributed by atoms with Crippen molar-refractivity contribution >= 4 is 52.6 Å². The zero-order valence-corrected chi connectivity index (χ0v) is 23.1. The summed E-state index contributed by atoms with van der Waals surface area (Å²) in [5, 5.41) is 18.4.